The van der Waals surface area contributed by atoms with Crippen LogP contribution in [0, 0.1) is 0 Å². The van der Waals surface area contributed by atoms with Gasteiger partial charge in [-0.1, -0.05) is 24.3 Å². The number of nitrogens with one attached hydrogen (secondary N) is 1. The second-order valence-corrected chi connectivity index (χ2v) is 4.78. The van der Waals surface area contributed by atoms with Crippen LogP contribution in [0.2, 0.25) is 0 Å². The Morgan fingerprint density at radius 1 is 1.05 bits per heavy atom. The predicted octanol–water partition coefficient (Wildman–Crippen LogP) is 2.62. The molecule has 0 atom stereocenters. The number of nitrogens with zero attached hydrogens (tertiary/aromatic N) is 1. The first-order valence-corrected chi connectivity index (χ1v) is 7.00. The van der Waals surface area contributed by atoms with E-state index in [0.717, 1.165) is 41.6 Å². The smallest absolute Gasteiger partial charge is 0.128 e. The predicted molar refractivity (Wildman–Crippen MR) is 83.2 cm³/mol. The number of ether oxygens (including phenoxy) is 2. The summed E-state index contributed by atoms with van der Waals surface area (Å²) in [6.45, 7) is 2.26. The number of aliphatic imine (C=N–C) groups is 1. The molecule has 0 aromatic heterocycles. The van der Waals surface area contributed by atoms with E-state index in [-0.39, 0.29) is 0 Å². The second-order valence-electron chi connectivity index (χ2n) is 4.78. The van der Waals surface area contributed by atoms with Crippen molar-refractivity contribution in [1.82, 2.24) is 5.32 Å². The van der Waals surface area contributed by atoms with E-state index in [4.69, 9.17) is 9.47 Å². The zero-order chi connectivity index (χ0) is 14.5. The van der Waals surface area contributed by atoms with E-state index >= 15 is 0 Å². The fourth-order valence-corrected chi connectivity index (χ4v) is 2.29. The number of benzene rings is 2. The van der Waals surface area contributed by atoms with Gasteiger partial charge in [0.2, 0.25) is 0 Å². The summed E-state index contributed by atoms with van der Waals surface area (Å²) in [5, 5.41) is 3.30. The molecule has 21 heavy (non-hydrogen) atoms. The van der Waals surface area contributed by atoms with Gasteiger partial charge in [0.25, 0.3) is 0 Å². The Labute approximate surface area is 124 Å². The van der Waals surface area contributed by atoms with Crippen molar-refractivity contribution in [3.8, 4) is 11.5 Å². The Kier molecular flexibility index (Phi) is 4.05. The summed E-state index contributed by atoms with van der Waals surface area (Å²) < 4.78 is 11.0. The van der Waals surface area contributed by atoms with Crippen LogP contribution in [0.3, 0.4) is 0 Å². The third-order valence-corrected chi connectivity index (χ3v) is 3.40. The van der Waals surface area contributed by atoms with Crippen molar-refractivity contribution < 1.29 is 9.47 Å². The SMILES string of the molecule is COc1ccc(OCc2ccccc2C2=NCCN2)cc1. The molecule has 0 bridgehead atoms. The van der Waals surface area contributed by atoms with Crippen molar-refractivity contribution in [3.05, 3.63) is 59.7 Å². The second kappa shape index (κ2) is 6.31. The highest BCUT2D eigenvalue weighted by atomic mass is 16.5. The van der Waals surface area contributed by atoms with Crippen LogP contribution < -0.4 is 14.8 Å². The minimum Gasteiger partial charge on any atom is -0.497 e. The molecule has 1 aliphatic heterocycles. The van der Waals surface area contributed by atoms with Crippen molar-refractivity contribution in [2.45, 2.75) is 6.61 Å². The maximum absolute atomic E-state index is 5.85. The van der Waals surface area contributed by atoms with Crippen LogP contribution in [0.25, 0.3) is 0 Å². The van der Waals surface area contributed by atoms with Crippen LogP contribution >= 0.6 is 0 Å². The van der Waals surface area contributed by atoms with Crippen LogP contribution in [0.4, 0.5) is 0 Å². The Morgan fingerprint density at radius 2 is 1.81 bits per heavy atom. The van der Waals surface area contributed by atoms with Gasteiger partial charge in [0.05, 0.1) is 13.7 Å². The normalized spacial score (nSPS) is 13.5. The van der Waals surface area contributed by atoms with Gasteiger partial charge in [-0.3, -0.25) is 4.99 Å². The van der Waals surface area contributed by atoms with E-state index in [1.807, 2.05) is 36.4 Å². The Hall–Kier alpha value is -2.49. The van der Waals surface area contributed by atoms with E-state index in [9.17, 15) is 0 Å². The van der Waals surface area contributed by atoms with Gasteiger partial charge >= 0.3 is 0 Å². The summed E-state index contributed by atoms with van der Waals surface area (Å²) in [6.07, 6.45) is 0. The number of amidine groups is 1. The topological polar surface area (TPSA) is 42.9 Å². The van der Waals surface area contributed by atoms with Gasteiger partial charge in [-0.25, -0.2) is 0 Å². The van der Waals surface area contributed by atoms with E-state index in [2.05, 4.69) is 22.4 Å². The minimum absolute atomic E-state index is 0.517. The quantitative estimate of drug-likeness (QED) is 0.916. The van der Waals surface area contributed by atoms with Crippen molar-refractivity contribution in [2.75, 3.05) is 20.2 Å². The lowest BCUT2D eigenvalue weighted by molar-refractivity contribution is 0.305. The first-order valence-electron chi connectivity index (χ1n) is 7.00. The molecule has 2 aromatic rings. The van der Waals surface area contributed by atoms with Gasteiger partial charge < -0.3 is 14.8 Å². The molecule has 0 amide bonds. The molecule has 0 saturated carbocycles. The summed E-state index contributed by atoms with van der Waals surface area (Å²) in [7, 11) is 1.65. The number of hydrogen-bond acceptors (Lipinski definition) is 4. The highest BCUT2D eigenvalue weighted by Crippen LogP contribution is 2.19. The molecule has 0 spiro atoms. The lowest BCUT2D eigenvalue weighted by Crippen LogP contribution is -2.21. The average Bonchev–Trinajstić information content (AvgIpc) is 3.08. The molecule has 0 radical (unpaired) electrons. The van der Waals surface area contributed by atoms with Crippen LogP contribution in [0.15, 0.2) is 53.5 Å². The number of hydrogen-bond donors (Lipinski definition) is 1. The van der Waals surface area contributed by atoms with Gasteiger partial charge in [0.1, 0.15) is 23.9 Å². The zero-order valence-corrected chi connectivity index (χ0v) is 12.0. The Morgan fingerprint density at radius 3 is 2.52 bits per heavy atom. The number of methoxy groups -OCH3 is 1. The molecule has 2 aromatic carbocycles. The van der Waals surface area contributed by atoms with E-state index in [1.165, 1.54) is 0 Å². The molecule has 1 aliphatic rings. The zero-order valence-electron chi connectivity index (χ0n) is 12.0. The summed E-state index contributed by atoms with van der Waals surface area (Å²) in [4.78, 5) is 4.48. The fraction of sp³-hybridized carbons (Fsp3) is 0.235. The third kappa shape index (κ3) is 3.16. The summed E-state index contributed by atoms with van der Waals surface area (Å²) in [6, 6.07) is 15.8. The molecular weight excluding hydrogens is 264 g/mol. The maximum atomic E-state index is 5.85. The van der Waals surface area contributed by atoms with Crippen molar-refractivity contribution in [2.24, 2.45) is 4.99 Å². The Balaban J connectivity index is 1.72. The van der Waals surface area contributed by atoms with Gasteiger partial charge in [-0.15, -0.1) is 0 Å². The maximum Gasteiger partial charge on any atom is 0.128 e. The fourth-order valence-electron chi connectivity index (χ4n) is 2.29. The lowest BCUT2D eigenvalue weighted by Gasteiger charge is -2.11. The lowest BCUT2D eigenvalue weighted by atomic mass is 10.1. The highest BCUT2D eigenvalue weighted by Gasteiger charge is 2.12. The largest absolute Gasteiger partial charge is 0.497 e. The third-order valence-electron chi connectivity index (χ3n) is 3.40. The number of rotatable bonds is 5. The molecule has 0 fully saturated rings. The molecule has 1 N–H and O–H groups in total. The van der Waals surface area contributed by atoms with Gasteiger partial charge in [-0.05, 0) is 24.3 Å². The van der Waals surface area contributed by atoms with Gasteiger partial charge in [0.15, 0.2) is 0 Å². The molecule has 4 heteroatoms. The van der Waals surface area contributed by atoms with Crippen LogP contribution in [-0.4, -0.2) is 26.0 Å². The minimum atomic E-state index is 0.517. The van der Waals surface area contributed by atoms with E-state index in [1.54, 1.807) is 7.11 Å². The first-order chi connectivity index (χ1) is 10.4. The van der Waals surface area contributed by atoms with E-state index in [0.29, 0.717) is 6.61 Å². The van der Waals surface area contributed by atoms with Crippen LogP contribution in [-0.2, 0) is 6.61 Å². The van der Waals surface area contributed by atoms with Crippen LogP contribution in [0.5, 0.6) is 11.5 Å². The van der Waals surface area contributed by atoms with E-state index < -0.39 is 0 Å². The summed E-state index contributed by atoms with van der Waals surface area (Å²) in [5.74, 6) is 2.61. The van der Waals surface area contributed by atoms with Crippen molar-refractivity contribution >= 4 is 5.84 Å². The molecule has 0 saturated heterocycles. The van der Waals surface area contributed by atoms with Crippen molar-refractivity contribution in [1.29, 1.82) is 0 Å². The molecule has 0 unspecified atom stereocenters. The van der Waals surface area contributed by atoms with Crippen molar-refractivity contribution in [3.63, 3.8) is 0 Å². The van der Waals surface area contributed by atoms with Crippen LogP contribution in [0.1, 0.15) is 11.1 Å². The Bertz CT molecular complexity index is 635. The van der Waals surface area contributed by atoms with Gasteiger partial charge in [0, 0.05) is 17.7 Å². The van der Waals surface area contributed by atoms with Gasteiger partial charge in [-0.2, -0.15) is 0 Å². The summed E-state index contributed by atoms with van der Waals surface area (Å²) >= 11 is 0. The average molecular weight is 282 g/mol. The summed E-state index contributed by atoms with van der Waals surface area (Å²) in [5.41, 5.74) is 2.24. The molecule has 3 rings (SSSR count). The molecule has 0 aliphatic carbocycles. The standard InChI is InChI=1S/C17H18N2O2/c1-20-14-6-8-15(9-7-14)21-12-13-4-2-3-5-16(13)17-18-10-11-19-17/h2-9H,10-12H2,1H3,(H,18,19). The molecular formula is C17H18N2O2. The monoisotopic (exact) mass is 282 g/mol. The highest BCUT2D eigenvalue weighted by molar-refractivity contribution is 6.00. The first kappa shape index (κ1) is 13.5. The molecule has 108 valence electrons. The molecule has 1 heterocycles. The molecule has 4 nitrogen and oxygen atoms in total.